The van der Waals surface area contributed by atoms with Crippen LogP contribution in [0.15, 0.2) is 18.2 Å². The summed E-state index contributed by atoms with van der Waals surface area (Å²) in [6.07, 6.45) is 2.13. The molecule has 1 N–H and O–H groups in total. The number of nitrogens with one attached hydrogen (secondary N) is 1. The Kier molecular flexibility index (Phi) is 7.35. The standard InChI is InChI=1S/C16H25ClN2O3S/c1-12(2)7-9-18-16(20)8-10-19(23(4,21)22)14-6-5-13(3)15(17)11-14/h5-6,11-12H,7-10H2,1-4H3,(H,18,20). The Morgan fingerprint density at radius 2 is 2.00 bits per heavy atom. The van der Waals surface area contributed by atoms with Gasteiger partial charge in [0.1, 0.15) is 0 Å². The number of carbonyl (C=O) groups excluding carboxylic acids is 1. The lowest BCUT2D eigenvalue weighted by molar-refractivity contribution is -0.120. The summed E-state index contributed by atoms with van der Waals surface area (Å²) in [5.74, 6) is 0.357. The second-order valence-corrected chi connectivity index (χ2v) is 8.37. The number of amides is 1. The molecule has 0 radical (unpaired) electrons. The van der Waals surface area contributed by atoms with E-state index in [1.165, 1.54) is 4.31 Å². The van der Waals surface area contributed by atoms with Crippen LogP contribution in [-0.2, 0) is 14.8 Å². The molecule has 0 spiro atoms. The van der Waals surface area contributed by atoms with Crippen LogP contribution in [-0.4, -0.2) is 33.7 Å². The van der Waals surface area contributed by atoms with Gasteiger partial charge in [-0.05, 0) is 37.0 Å². The highest BCUT2D eigenvalue weighted by Crippen LogP contribution is 2.25. The van der Waals surface area contributed by atoms with E-state index in [2.05, 4.69) is 19.2 Å². The smallest absolute Gasteiger partial charge is 0.232 e. The summed E-state index contributed by atoms with van der Waals surface area (Å²) in [7, 11) is -3.48. The van der Waals surface area contributed by atoms with Gasteiger partial charge in [0.25, 0.3) is 0 Å². The van der Waals surface area contributed by atoms with Crippen molar-refractivity contribution in [2.75, 3.05) is 23.7 Å². The Morgan fingerprint density at radius 3 is 2.52 bits per heavy atom. The fourth-order valence-electron chi connectivity index (χ4n) is 2.02. The number of nitrogens with zero attached hydrogens (tertiary/aromatic N) is 1. The Morgan fingerprint density at radius 1 is 1.35 bits per heavy atom. The minimum absolute atomic E-state index is 0.0890. The largest absolute Gasteiger partial charge is 0.356 e. The first-order valence-electron chi connectivity index (χ1n) is 7.62. The van der Waals surface area contributed by atoms with Gasteiger partial charge in [0.15, 0.2) is 0 Å². The fraction of sp³-hybridized carbons (Fsp3) is 0.562. The van der Waals surface area contributed by atoms with E-state index in [1.807, 2.05) is 6.92 Å². The molecule has 23 heavy (non-hydrogen) atoms. The minimum Gasteiger partial charge on any atom is -0.356 e. The van der Waals surface area contributed by atoms with Crippen molar-refractivity contribution in [2.45, 2.75) is 33.6 Å². The molecule has 0 fully saturated rings. The van der Waals surface area contributed by atoms with E-state index < -0.39 is 10.0 Å². The molecule has 5 nitrogen and oxygen atoms in total. The van der Waals surface area contributed by atoms with Crippen molar-refractivity contribution in [3.63, 3.8) is 0 Å². The molecule has 1 amide bonds. The van der Waals surface area contributed by atoms with Crippen LogP contribution in [0.5, 0.6) is 0 Å². The number of anilines is 1. The average Bonchev–Trinajstić information content (AvgIpc) is 2.41. The van der Waals surface area contributed by atoms with E-state index in [1.54, 1.807) is 18.2 Å². The molecule has 0 bridgehead atoms. The molecular formula is C16H25ClN2O3S. The van der Waals surface area contributed by atoms with Crippen LogP contribution >= 0.6 is 11.6 Å². The molecule has 0 aromatic heterocycles. The molecule has 1 aromatic rings. The van der Waals surface area contributed by atoms with Crippen LogP contribution in [0, 0.1) is 12.8 Å². The quantitative estimate of drug-likeness (QED) is 0.775. The number of rotatable bonds is 8. The highest BCUT2D eigenvalue weighted by molar-refractivity contribution is 7.92. The van der Waals surface area contributed by atoms with Gasteiger partial charge >= 0.3 is 0 Å². The summed E-state index contributed by atoms with van der Waals surface area (Å²) in [6.45, 7) is 6.70. The fourth-order valence-corrected chi connectivity index (χ4v) is 3.11. The summed E-state index contributed by atoms with van der Waals surface area (Å²) in [5, 5.41) is 3.30. The van der Waals surface area contributed by atoms with Crippen LogP contribution in [0.1, 0.15) is 32.3 Å². The Bertz CT molecular complexity index is 645. The zero-order valence-corrected chi connectivity index (χ0v) is 15.7. The molecule has 7 heteroatoms. The van der Waals surface area contributed by atoms with Crippen molar-refractivity contribution in [3.05, 3.63) is 28.8 Å². The zero-order valence-electron chi connectivity index (χ0n) is 14.1. The van der Waals surface area contributed by atoms with E-state index in [0.717, 1.165) is 18.2 Å². The SMILES string of the molecule is Cc1ccc(N(CCC(=O)NCCC(C)C)S(C)(=O)=O)cc1Cl. The van der Waals surface area contributed by atoms with Gasteiger partial charge in [0, 0.05) is 24.5 Å². The maximum absolute atomic E-state index is 12.0. The molecule has 1 aromatic carbocycles. The summed E-state index contributed by atoms with van der Waals surface area (Å²) < 4.78 is 25.2. The lowest BCUT2D eigenvalue weighted by atomic mass is 10.1. The molecule has 0 heterocycles. The van der Waals surface area contributed by atoms with E-state index in [0.29, 0.717) is 23.2 Å². The van der Waals surface area contributed by atoms with Gasteiger partial charge in [0.2, 0.25) is 15.9 Å². The second-order valence-electron chi connectivity index (χ2n) is 6.05. The molecule has 0 aliphatic heterocycles. The minimum atomic E-state index is -3.48. The van der Waals surface area contributed by atoms with Crippen LogP contribution in [0.25, 0.3) is 0 Å². The number of sulfonamides is 1. The van der Waals surface area contributed by atoms with Crippen molar-refractivity contribution in [3.8, 4) is 0 Å². The summed E-state index contributed by atoms with van der Waals surface area (Å²) in [5.41, 5.74) is 1.34. The highest BCUT2D eigenvalue weighted by Gasteiger charge is 2.19. The summed E-state index contributed by atoms with van der Waals surface area (Å²) >= 11 is 6.07. The summed E-state index contributed by atoms with van der Waals surface area (Å²) in [4.78, 5) is 11.8. The maximum Gasteiger partial charge on any atom is 0.232 e. The average molecular weight is 361 g/mol. The van der Waals surface area contributed by atoms with Gasteiger partial charge in [-0.15, -0.1) is 0 Å². The van der Waals surface area contributed by atoms with Gasteiger partial charge in [-0.2, -0.15) is 0 Å². The van der Waals surface area contributed by atoms with Gasteiger partial charge in [-0.1, -0.05) is 31.5 Å². The summed E-state index contributed by atoms with van der Waals surface area (Å²) in [6, 6.07) is 5.06. The predicted molar refractivity (Wildman–Crippen MR) is 95.5 cm³/mol. The van der Waals surface area contributed by atoms with Crippen molar-refractivity contribution in [2.24, 2.45) is 5.92 Å². The van der Waals surface area contributed by atoms with Crippen LogP contribution in [0.3, 0.4) is 0 Å². The number of hydrogen-bond acceptors (Lipinski definition) is 3. The van der Waals surface area contributed by atoms with E-state index in [4.69, 9.17) is 11.6 Å². The van der Waals surface area contributed by atoms with E-state index >= 15 is 0 Å². The lowest BCUT2D eigenvalue weighted by Gasteiger charge is -2.22. The van der Waals surface area contributed by atoms with Gasteiger partial charge in [-0.25, -0.2) is 8.42 Å². The van der Waals surface area contributed by atoms with Crippen LogP contribution in [0.2, 0.25) is 5.02 Å². The van der Waals surface area contributed by atoms with Crippen molar-refractivity contribution in [1.29, 1.82) is 0 Å². The molecular weight excluding hydrogens is 336 g/mol. The van der Waals surface area contributed by atoms with E-state index in [-0.39, 0.29) is 18.9 Å². The predicted octanol–water partition coefficient (Wildman–Crippen LogP) is 2.97. The van der Waals surface area contributed by atoms with E-state index in [9.17, 15) is 13.2 Å². The lowest BCUT2D eigenvalue weighted by Crippen LogP contribution is -2.35. The molecule has 0 saturated carbocycles. The number of hydrogen-bond donors (Lipinski definition) is 1. The molecule has 0 saturated heterocycles. The second kappa shape index (κ2) is 8.55. The molecule has 0 unspecified atom stereocenters. The molecule has 0 aliphatic rings. The number of benzene rings is 1. The molecule has 0 atom stereocenters. The van der Waals surface area contributed by atoms with Crippen molar-refractivity contribution >= 4 is 33.2 Å². The zero-order chi connectivity index (χ0) is 17.6. The van der Waals surface area contributed by atoms with Gasteiger partial charge in [0.05, 0.1) is 11.9 Å². The van der Waals surface area contributed by atoms with Crippen molar-refractivity contribution in [1.82, 2.24) is 5.32 Å². The molecule has 130 valence electrons. The molecule has 0 aliphatic carbocycles. The Labute approximate surface area is 144 Å². The maximum atomic E-state index is 12.0. The third-order valence-electron chi connectivity index (χ3n) is 3.43. The Hall–Kier alpha value is -1.27. The topological polar surface area (TPSA) is 66.5 Å². The number of aryl methyl sites for hydroxylation is 1. The van der Waals surface area contributed by atoms with Crippen molar-refractivity contribution < 1.29 is 13.2 Å². The third kappa shape index (κ3) is 6.79. The van der Waals surface area contributed by atoms with Crippen LogP contribution < -0.4 is 9.62 Å². The number of carbonyl (C=O) groups is 1. The van der Waals surface area contributed by atoms with Gasteiger partial charge in [-0.3, -0.25) is 9.10 Å². The monoisotopic (exact) mass is 360 g/mol. The molecule has 1 rings (SSSR count). The first-order chi connectivity index (χ1) is 10.6. The highest BCUT2D eigenvalue weighted by atomic mass is 35.5. The number of halogens is 1. The first-order valence-corrected chi connectivity index (χ1v) is 9.84. The Balaban J connectivity index is 2.73. The van der Waals surface area contributed by atoms with Gasteiger partial charge < -0.3 is 5.32 Å². The first kappa shape index (κ1) is 19.8. The third-order valence-corrected chi connectivity index (χ3v) is 5.03. The normalized spacial score (nSPS) is 11.6. The van der Waals surface area contributed by atoms with Crippen LogP contribution in [0.4, 0.5) is 5.69 Å².